The molecule has 0 heterocycles. The number of aliphatic hydroxyl groups is 1. The molecule has 4 nitrogen and oxygen atoms in total. The first-order valence-electron chi connectivity index (χ1n) is 5.23. The van der Waals surface area contributed by atoms with Gasteiger partial charge < -0.3 is 7.96 Å². The Morgan fingerprint density at radius 2 is 1.61 bits per heavy atom. The van der Waals surface area contributed by atoms with Crippen molar-refractivity contribution < 1.29 is 58.7 Å². The predicted molar refractivity (Wildman–Crippen MR) is 60.8 cm³/mol. The first-order chi connectivity index (χ1) is 7.43. The van der Waals surface area contributed by atoms with Gasteiger partial charge in [-0.3, -0.25) is 4.55 Å². The Hall–Kier alpha value is 0.285. The Morgan fingerprint density at radius 3 is 2.11 bits per heavy atom. The molecule has 1 aromatic rings. The predicted octanol–water partition coefficient (Wildman–Crippen LogP) is -4.07. The zero-order chi connectivity index (χ0) is 11.8. The second-order valence-corrected chi connectivity index (χ2v) is 5.60. The normalized spacial score (nSPS) is 17.7. The van der Waals surface area contributed by atoms with Crippen molar-refractivity contribution >= 4 is 10.1 Å². The van der Waals surface area contributed by atoms with Crippen molar-refractivity contribution in [3.63, 3.8) is 0 Å². The van der Waals surface area contributed by atoms with Crippen LogP contribution >= 0.6 is 0 Å². The molecule has 0 amide bonds. The largest absolute Gasteiger partial charge is 1.00 e. The maximum atomic E-state index is 11.2. The minimum atomic E-state index is -4.27. The Kier molecular flexibility index (Phi) is 6.74. The second kappa shape index (κ2) is 6.63. The molecule has 0 atom stereocenters. The molecular formula is C11H16Li2O4S. The van der Waals surface area contributed by atoms with Crippen LogP contribution in [0.5, 0.6) is 0 Å². The average Bonchev–Trinajstić information content (AvgIpc) is 2.65. The maximum absolute atomic E-state index is 11.2. The third-order valence-electron chi connectivity index (χ3n) is 3.10. The van der Waals surface area contributed by atoms with E-state index in [9.17, 15) is 13.5 Å². The van der Waals surface area contributed by atoms with Crippen molar-refractivity contribution in [1.82, 2.24) is 0 Å². The molecule has 18 heavy (non-hydrogen) atoms. The number of benzene rings is 1. The van der Waals surface area contributed by atoms with Crippen LogP contribution in [0.3, 0.4) is 0 Å². The van der Waals surface area contributed by atoms with E-state index in [1.165, 1.54) is 12.1 Å². The standard InChI is InChI=1S/C11H14O4S.2Li.2H/c12-11(7-3-4-8-11)9-5-1-2-6-10(9)16(13,14)15;;;;/h1-2,5-6,12H,3-4,7-8H2,(H,13,14,15);;;;/q;2*+1;2*-1. The summed E-state index contributed by atoms with van der Waals surface area (Å²) in [6, 6.07) is 6.08. The van der Waals surface area contributed by atoms with Gasteiger partial charge in [0.2, 0.25) is 0 Å². The van der Waals surface area contributed by atoms with Crippen LogP contribution in [0.25, 0.3) is 0 Å². The van der Waals surface area contributed by atoms with E-state index in [-0.39, 0.29) is 45.5 Å². The molecule has 1 aliphatic rings. The van der Waals surface area contributed by atoms with E-state index in [1.54, 1.807) is 12.1 Å². The quantitative estimate of drug-likeness (QED) is 0.418. The Balaban J connectivity index is -0.000000722. The van der Waals surface area contributed by atoms with Crippen LogP contribution in [-0.2, 0) is 15.7 Å². The first kappa shape index (κ1) is 18.3. The summed E-state index contributed by atoms with van der Waals surface area (Å²) >= 11 is 0. The molecular weight excluding hydrogens is 242 g/mol. The average molecular weight is 258 g/mol. The van der Waals surface area contributed by atoms with Crippen LogP contribution in [0, 0.1) is 0 Å². The maximum Gasteiger partial charge on any atom is 1.00 e. The van der Waals surface area contributed by atoms with E-state index in [0.717, 1.165) is 12.8 Å². The molecule has 0 radical (unpaired) electrons. The molecule has 92 valence electrons. The van der Waals surface area contributed by atoms with Gasteiger partial charge in [0.25, 0.3) is 10.1 Å². The fraction of sp³-hybridized carbons (Fsp3) is 0.455. The molecule has 1 aliphatic carbocycles. The molecule has 7 heteroatoms. The summed E-state index contributed by atoms with van der Waals surface area (Å²) in [5.74, 6) is 0. The van der Waals surface area contributed by atoms with Crippen LogP contribution in [0.4, 0.5) is 0 Å². The van der Waals surface area contributed by atoms with Crippen molar-refractivity contribution in [3.8, 4) is 0 Å². The van der Waals surface area contributed by atoms with Gasteiger partial charge in [-0.1, -0.05) is 31.0 Å². The fourth-order valence-electron chi connectivity index (χ4n) is 2.31. The van der Waals surface area contributed by atoms with Gasteiger partial charge >= 0.3 is 37.7 Å². The molecule has 0 aliphatic heterocycles. The van der Waals surface area contributed by atoms with Crippen LogP contribution < -0.4 is 37.7 Å². The monoisotopic (exact) mass is 258 g/mol. The molecule has 0 aromatic heterocycles. The van der Waals surface area contributed by atoms with E-state index in [0.29, 0.717) is 18.4 Å². The summed E-state index contributed by atoms with van der Waals surface area (Å²) in [4.78, 5) is -0.181. The van der Waals surface area contributed by atoms with Gasteiger partial charge in [-0.15, -0.1) is 0 Å². The number of hydrogen-bond acceptors (Lipinski definition) is 3. The van der Waals surface area contributed by atoms with Crippen molar-refractivity contribution in [2.45, 2.75) is 36.2 Å². The summed E-state index contributed by atoms with van der Waals surface area (Å²) in [5, 5.41) is 10.3. The third kappa shape index (κ3) is 3.65. The van der Waals surface area contributed by atoms with E-state index >= 15 is 0 Å². The van der Waals surface area contributed by atoms with Gasteiger partial charge in [0.15, 0.2) is 0 Å². The van der Waals surface area contributed by atoms with E-state index < -0.39 is 15.7 Å². The summed E-state index contributed by atoms with van der Waals surface area (Å²) in [6.45, 7) is 0. The van der Waals surface area contributed by atoms with Gasteiger partial charge in [-0.05, 0) is 18.9 Å². The number of rotatable bonds is 2. The zero-order valence-corrected chi connectivity index (χ0v) is 11.6. The Bertz CT molecular complexity index is 505. The number of hydrogen-bond donors (Lipinski definition) is 2. The van der Waals surface area contributed by atoms with Crippen LogP contribution in [0.1, 0.15) is 34.1 Å². The van der Waals surface area contributed by atoms with Gasteiger partial charge in [0.1, 0.15) is 0 Å². The summed E-state index contributed by atoms with van der Waals surface area (Å²) < 4.78 is 31.5. The molecule has 2 N–H and O–H groups in total. The summed E-state index contributed by atoms with van der Waals surface area (Å²) in [7, 11) is -4.27. The van der Waals surface area contributed by atoms with Crippen LogP contribution in [-0.4, -0.2) is 18.1 Å². The molecule has 1 saturated carbocycles. The van der Waals surface area contributed by atoms with Crippen molar-refractivity contribution in [2.75, 3.05) is 0 Å². The third-order valence-corrected chi connectivity index (χ3v) is 4.01. The molecule has 0 bridgehead atoms. The SMILES string of the molecule is O=S(=O)(O)c1ccccc1C1(O)CCCC1.[H-].[H-].[Li+].[Li+]. The first-order valence-corrected chi connectivity index (χ1v) is 6.67. The fourth-order valence-corrected chi connectivity index (χ4v) is 3.09. The van der Waals surface area contributed by atoms with Gasteiger partial charge in [-0.2, -0.15) is 8.42 Å². The molecule has 1 aromatic carbocycles. The smallest absolute Gasteiger partial charge is 1.00 e. The molecule has 0 unspecified atom stereocenters. The molecule has 1 fully saturated rings. The molecule has 0 saturated heterocycles. The topological polar surface area (TPSA) is 74.6 Å². The van der Waals surface area contributed by atoms with Crippen LogP contribution in [0.2, 0.25) is 0 Å². The second-order valence-electron chi connectivity index (χ2n) is 4.21. The minimum absolute atomic E-state index is 0. The Morgan fingerprint density at radius 1 is 1.11 bits per heavy atom. The Labute approximate surface area is 134 Å². The van der Waals surface area contributed by atoms with E-state index in [2.05, 4.69) is 0 Å². The van der Waals surface area contributed by atoms with Crippen molar-refractivity contribution in [1.29, 1.82) is 0 Å². The van der Waals surface area contributed by atoms with E-state index in [1.807, 2.05) is 0 Å². The van der Waals surface area contributed by atoms with Gasteiger partial charge in [-0.25, -0.2) is 0 Å². The zero-order valence-electron chi connectivity index (χ0n) is 12.8. The minimum Gasteiger partial charge on any atom is -1.00 e. The molecule has 2 rings (SSSR count). The van der Waals surface area contributed by atoms with Crippen molar-refractivity contribution in [3.05, 3.63) is 29.8 Å². The van der Waals surface area contributed by atoms with Crippen molar-refractivity contribution in [2.24, 2.45) is 0 Å². The molecule has 0 spiro atoms. The van der Waals surface area contributed by atoms with Gasteiger partial charge in [0, 0.05) is 5.56 Å². The van der Waals surface area contributed by atoms with E-state index in [4.69, 9.17) is 4.55 Å². The van der Waals surface area contributed by atoms with Gasteiger partial charge in [0.05, 0.1) is 10.5 Å². The summed E-state index contributed by atoms with van der Waals surface area (Å²) in [6.07, 6.45) is 2.83. The van der Waals surface area contributed by atoms with Crippen LogP contribution in [0.15, 0.2) is 29.2 Å². The summed E-state index contributed by atoms with van der Waals surface area (Å²) in [5.41, 5.74) is -0.790.